The van der Waals surface area contributed by atoms with Crippen LogP contribution < -0.4 is 5.73 Å². The summed E-state index contributed by atoms with van der Waals surface area (Å²) in [5, 5.41) is 1.04. The molecule has 0 bridgehead atoms. The normalized spacial score (nSPS) is 19.6. The molecule has 0 amide bonds. The Morgan fingerprint density at radius 1 is 1.40 bits per heavy atom. The minimum Gasteiger partial charge on any atom is -0.367 e. The second kappa shape index (κ2) is 6.04. The highest BCUT2D eigenvalue weighted by molar-refractivity contribution is 7.12. The predicted molar refractivity (Wildman–Crippen MR) is 81.9 cm³/mol. The van der Waals surface area contributed by atoms with E-state index in [1.165, 1.54) is 10.6 Å². The van der Waals surface area contributed by atoms with Crippen LogP contribution in [0.3, 0.4) is 0 Å². The van der Waals surface area contributed by atoms with Gasteiger partial charge in [-0.1, -0.05) is 30.3 Å². The number of fused-ring (bicyclic) bond motifs is 1. The highest BCUT2D eigenvalue weighted by Gasteiger charge is 2.26. The molecule has 3 rings (SSSR count). The summed E-state index contributed by atoms with van der Waals surface area (Å²) in [4.78, 5) is 6.07. The summed E-state index contributed by atoms with van der Waals surface area (Å²) in [6, 6.07) is 10.5. The Morgan fingerprint density at radius 2 is 2.20 bits per heavy atom. The highest BCUT2D eigenvalue weighted by Crippen LogP contribution is 2.37. The SMILES string of the molecule is CCOC(c1ccccc1)c1nc2c(s1)C(N)CCC2. The predicted octanol–water partition coefficient (Wildman–Crippen LogP) is 3.61. The third-order valence-electron chi connectivity index (χ3n) is 3.67. The van der Waals surface area contributed by atoms with Gasteiger partial charge < -0.3 is 10.5 Å². The van der Waals surface area contributed by atoms with E-state index in [0.717, 1.165) is 29.8 Å². The van der Waals surface area contributed by atoms with Crippen molar-refractivity contribution in [1.29, 1.82) is 0 Å². The quantitative estimate of drug-likeness (QED) is 0.935. The fourth-order valence-corrected chi connectivity index (χ4v) is 3.92. The zero-order chi connectivity index (χ0) is 13.9. The van der Waals surface area contributed by atoms with Crippen molar-refractivity contribution in [2.75, 3.05) is 6.61 Å². The van der Waals surface area contributed by atoms with Crippen LogP contribution in [0.5, 0.6) is 0 Å². The van der Waals surface area contributed by atoms with Crippen molar-refractivity contribution < 1.29 is 4.74 Å². The summed E-state index contributed by atoms with van der Waals surface area (Å²) in [7, 11) is 0. The first-order valence-corrected chi connectivity index (χ1v) is 8.03. The highest BCUT2D eigenvalue weighted by atomic mass is 32.1. The van der Waals surface area contributed by atoms with Crippen molar-refractivity contribution in [3.63, 3.8) is 0 Å². The van der Waals surface area contributed by atoms with Crippen LogP contribution in [0.1, 0.15) is 53.1 Å². The smallest absolute Gasteiger partial charge is 0.134 e. The Hall–Kier alpha value is -1.23. The summed E-state index contributed by atoms with van der Waals surface area (Å²) in [5.41, 5.74) is 8.55. The number of nitrogens with zero attached hydrogens (tertiary/aromatic N) is 1. The molecule has 4 heteroatoms. The monoisotopic (exact) mass is 288 g/mol. The molecule has 1 aliphatic carbocycles. The summed E-state index contributed by atoms with van der Waals surface area (Å²) in [5.74, 6) is 0. The van der Waals surface area contributed by atoms with E-state index >= 15 is 0 Å². The molecule has 0 spiro atoms. The van der Waals surface area contributed by atoms with Crippen LogP contribution in [-0.4, -0.2) is 11.6 Å². The molecule has 2 N–H and O–H groups in total. The van der Waals surface area contributed by atoms with Crippen LogP contribution in [0.25, 0.3) is 0 Å². The minimum absolute atomic E-state index is 0.0657. The fourth-order valence-electron chi connectivity index (χ4n) is 2.69. The number of thiazole rings is 1. The summed E-state index contributed by atoms with van der Waals surface area (Å²) < 4.78 is 5.93. The molecule has 1 aliphatic rings. The number of aryl methyl sites for hydroxylation is 1. The van der Waals surface area contributed by atoms with Crippen LogP contribution in [0, 0.1) is 0 Å². The minimum atomic E-state index is -0.0657. The van der Waals surface area contributed by atoms with Gasteiger partial charge in [0.25, 0.3) is 0 Å². The Morgan fingerprint density at radius 3 is 2.90 bits per heavy atom. The Balaban J connectivity index is 1.96. The van der Waals surface area contributed by atoms with Gasteiger partial charge in [-0.25, -0.2) is 4.98 Å². The van der Waals surface area contributed by atoms with Gasteiger partial charge in [0, 0.05) is 17.5 Å². The third-order valence-corrected chi connectivity index (χ3v) is 4.94. The molecular weight excluding hydrogens is 268 g/mol. The van der Waals surface area contributed by atoms with E-state index in [0.29, 0.717) is 6.61 Å². The van der Waals surface area contributed by atoms with Gasteiger partial charge in [0.05, 0.1) is 5.69 Å². The van der Waals surface area contributed by atoms with E-state index < -0.39 is 0 Å². The first-order chi connectivity index (χ1) is 9.79. The summed E-state index contributed by atoms with van der Waals surface area (Å²) >= 11 is 1.73. The maximum atomic E-state index is 6.20. The van der Waals surface area contributed by atoms with Crippen molar-refractivity contribution in [1.82, 2.24) is 4.98 Å². The fraction of sp³-hybridized carbons (Fsp3) is 0.438. The lowest BCUT2D eigenvalue weighted by Crippen LogP contribution is -2.15. The maximum absolute atomic E-state index is 6.20. The Labute approximate surface area is 123 Å². The van der Waals surface area contributed by atoms with Gasteiger partial charge in [-0.3, -0.25) is 0 Å². The first-order valence-electron chi connectivity index (χ1n) is 7.21. The third kappa shape index (κ3) is 2.64. The van der Waals surface area contributed by atoms with E-state index in [4.69, 9.17) is 15.5 Å². The molecule has 106 valence electrons. The van der Waals surface area contributed by atoms with Crippen molar-refractivity contribution in [3.8, 4) is 0 Å². The number of hydrogen-bond acceptors (Lipinski definition) is 4. The topological polar surface area (TPSA) is 48.1 Å². The summed E-state index contributed by atoms with van der Waals surface area (Å²) in [6.07, 6.45) is 3.19. The Kier molecular flexibility index (Phi) is 4.15. The standard InChI is InChI=1S/C16H20N2OS/c1-2-19-14(11-7-4-3-5-8-11)16-18-13-10-6-9-12(17)15(13)20-16/h3-5,7-8,12,14H,2,6,9-10,17H2,1H3. The Bertz CT molecular complexity index is 567. The van der Waals surface area contributed by atoms with E-state index in [1.54, 1.807) is 11.3 Å². The molecule has 2 atom stereocenters. The second-order valence-corrected chi connectivity index (χ2v) is 6.17. The van der Waals surface area contributed by atoms with Crippen molar-refractivity contribution in [2.24, 2.45) is 5.73 Å². The average molecular weight is 288 g/mol. The number of benzene rings is 1. The molecule has 2 unspecified atom stereocenters. The largest absolute Gasteiger partial charge is 0.367 e. The van der Waals surface area contributed by atoms with Crippen LogP contribution in [0.2, 0.25) is 0 Å². The average Bonchev–Trinajstić information content (AvgIpc) is 2.91. The number of hydrogen-bond donors (Lipinski definition) is 1. The van der Waals surface area contributed by atoms with E-state index in [9.17, 15) is 0 Å². The van der Waals surface area contributed by atoms with Gasteiger partial charge in [-0.05, 0) is 31.7 Å². The molecule has 0 saturated heterocycles. The lowest BCUT2D eigenvalue weighted by atomic mass is 9.99. The van der Waals surface area contributed by atoms with Crippen molar-refractivity contribution in [3.05, 3.63) is 51.5 Å². The number of ether oxygens (including phenoxy) is 1. The zero-order valence-electron chi connectivity index (χ0n) is 11.7. The van der Waals surface area contributed by atoms with E-state index in [-0.39, 0.29) is 12.1 Å². The number of aromatic nitrogens is 1. The van der Waals surface area contributed by atoms with Crippen LogP contribution >= 0.6 is 11.3 Å². The molecule has 3 nitrogen and oxygen atoms in total. The molecule has 20 heavy (non-hydrogen) atoms. The molecule has 1 aromatic carbocycles. The molecule has 1 aromatic heterocycles. The summed E-state index contributed by atoms with van der Waals surface area (Å²) in [6.45, 7) is 2.70. The lowest BCUT2D eigenvalue weighted by molar-refractivity contribution is 0.0910. The molecule has 0 fully saturated rings. The molecule has 0 radical (unpaired) electrons. The molecule has 2 aromatic rings. The van der Waals surface area contributed by atoms with Crippen molar-refractivity contribution in [2.45, 2.75) is 38.3 Å². The van der Waals surface area contributed by atoms with Crippen LogP contribution in [-0.2, 0) is 11.2 Å². The van der Waals surface area contributed by atoms with Gasteiger partial charge in [0.2, 0.25) is 0 Å². The van der Waals surface area contributed by atoms with E-state index in [1.807, 2.05) is 25.1 Å². The van der Waals surface area contributed by atoms with Crippen LogP contribution in [0.4, 0.5) is 0 Å². The lowest BCUT2D eigenvalue weighted by Gasteiger charge is -2.15. The van der Waals surface area contributed by atoms with Gasteiger partial charge in [-0.2, -0.15) is 0 Å². The van der Waals surface area contributed by atoms with Crippen LogP contribution in [0.15, 0.2) is 30.3 Å². The zero-order valence-corrected chi connectivity index (χ0v) is 12.5. The number of rotatable bonds is 4. The maximum Gasteiger partial charge on any atom is 0.134 e. The molecule has 0 aliphatic heterocycles. The first kappa shape index (κ1) is 13.7. The van der Waals surface area contributed by atoms with Gasteiger partial charge >= 0.3 is 0 Å². The van der Waals surface area contributed by atoms with Gasteiger partial charge in [0.1, 0.15) is 11.1 Å². The molecule has 1 heterocycles. The number of nitrogens with two attached hydrogens (primary N) is 1. The van der Waals surface area contributed by atoms with Crippen molar-refractivity contribution >= 4 is 11.3 Å². The van der Waals surface area contributed by atoms with E-state index in [2.05, 4.69) is 12.1 Å². The second-order valence-electron chi connectivity index (χ2n) is 5.11. The van der Waals surface area contributed by atoms with Gasteiger partial charge in [-0.15, -0.1) is 11.3 Å². The molecule has 0 saturated carbocycles. The van der Waals surface area contributed by atoms with Gasteiger partial charge in [0.15, 0.2) is 0 Å². The molecular formula is C16H20N2OS.